The van der Waals surface area contributed by atoms with Crippen molar-refractivity contribution < 1.29 is 19.0 Å². The van der Waals surface area contributed by atoms with E-state index >= 15 is 0 Å². The van der Waals surface area contributed by atoms with Gasteiger partial charge in [0.05, 0.1) is 13.2 Å². The lowest BCUT2D eigenvalue weighted by Gasteiger charge is -2.37. The zero-order valence-electron chi connectivity index (χ0n) is 14.8. The Morgan fingerprint density at radius 1 is 1.25 bits per heavy atom. The quantitative estimate of drug-likeness (QED) is 0.850. The van der Waals surface area contributed by atoms with Crippen molar-refractivity contribution in [3.05, 3.63) is 29.3 Å². The van der Waals surface area contributed by atoms with E-state index in [0.29, 0.717) is 32.2 Å². The molecule has 0 aromatic heterocycles. The summed E-state index contributed by atoms with van der Waals surface area (Å²) in [5.41, 5.74) is 2.51. The summed E-state index contributed by atoms with van der Waals surface area (Å²) in [5, 5.41) is 0. The molecule has 2 fully saturated rings. The van der Waals surface area contributed by atoms with E-state index in [1.54, 1.807) is 0 Å². The molecule has 1 amide bonds. The zero-order valence-corrected chi connectivity index (χ0v) is 14.8. The Morgan fingerprint density at radius 3 is 2.50 bits per heavy atom. The summed E-state index contributed by atoms with van der Waals surface area (Å²) >= 11 is 0. The average Bonchev–Trinajstić information content (AvgIpc) is 3.01. The van der Waals surface area contributed by atoms with Gasteiger partial charge in [-0.25, -0.2) is 0 Å². The van der Waals surface area contributed by atoms with Crippen LogP contribution in [0.5, 0.6) is 5.75 Å². The van der Waals surface area contributed by atoms with Crippen molar-refractivity contribution in [1.82, 2.24) is 4.90 Å². The minimum atomic E-state index is -0.443. The smallest absolute Gasteiger partial charge is 0.260 e. The van der Waals surface area contributed by atoms with E-state index in [1.165, 1.54) is 11.1 Å². The second kappa shape index (κ2) is 7.11. The summed E-state index contributed by atoms with van der Waals surface area (Å²) in [4.78, 5) is 14.2. The van der Waals surface area contributed by atoms with Gasteiger partial charge in [0.25, 0.3) is 5.91 Å². The van der Waals surface area contributed by atoms with E-state index in [0.717, 1.165) is 18.6 Å². The number of carbonyl (C=O) groups is 1. The van der Waals surface area contributed by atoms with Gasteiger partial charge in [-0.2, -0.15) is 0 Å². The van der Waals surface area contributed by atoms with Gasteiger partial charge < -0.3 is 19.1 Å². The number of benzene rings is 1. The predicted molar refractivity (Wildman–Crippen MR) is 91.2 cm³/mol. The van der Waals surface area contributed by atoms with Crippen molar-refractivity contribution in [2.75, 3.05) is 32.9 Å². The van der Waals surface area contributed by atoms with Gasteiger partial charge in [0, 0.05) is 25.9 Å². The molecule has 1 aromatic carbocycles. The molecule has 0 radical (unpaired) electrons. The molecule has 0 bridgehead atoms. The molecule has 5 heteroatoms. The highest BCUT2D eigenvalue weighted by molar-refractivity contribution is 5.77. The van der Waals surface area contributed by atoms with Crippen molar-refractivity contribution in [1.29, 1.82) is 0 Å². The van der Waals surface area contributed by atoms with Gasteiger partial charge in [-0.3, -0.25) is 4.79 Å². The van der Waals surface area contributed by atoms with Crippen molar-refractivity contribution in [3.8, 4) is 5.75 Å². The van der Waals surface area contributed by atoms with E-state index in [-0.39, 0.29) is 12.5 Å². The fraction of sp³-hybridized carbons (Fsp3) is 0.632. The van der Waals surface area contributed by atoms with Crippen LogP contribution in [0.1, 0.15) is 43.7 Å². The maximum atomic E-state index is 12.4. The number of piperidine rings is 1. The third-order valence-electron chi connectivity index (χ3n) is 4.92. The number of amides is 1. The molecule has 2 heterocycles. The molecular weight excluding hydrogens is 306 g/mol. The van der Waals surface area contributed by atoms with Crippen molar-refractivity contribution in [2.45, 2.75) is 45.3 Å². The number of likely N-dealkylation sites (tertiary alicyclic amines) is 1. The number of nitrogens with zero attached hydrogens (tertiary/aromatic N) is 1. The summed E-state index contributed by atoms with van der Waals surface area (Å²) in [6, 6.07) is 6.04. The van der Waals surface area contributed by atoms with Crippen LogP contribution in [-0.4, -0.2) is 49.5 Å². The fourth-order valence-corrected chi connectivity index (χ4v) is 3.50. The summed E-state index contributed by atoms with van der Waals surface area (Å²) < 4.78 is 17.1. The van der Waals surface area contributed by atoms with Gasteiger partial charge in [-0.15, -0.1) is 0 Å². The molecule has 0 saturated carbocycles. The largest absolute Gasteiger partial charge is 0.484 e. The molecule has 0 atom stereocenters. The molecule has 2 saturated heterocycles. The van der Waals surface area contributed by atoms with Crippen molar-refractivity contribution >= 4 is 5.91 Å². The van der Waals surface area contributed by atoms with E-state index in [4.69, 9.17) is 14.2 Å². The Morgan fingerprint density at radius 2 is 1.92 bits per heavy atom. The lowest BCUT2D eigenvalue weighted by atomic mass is 9.98. The van der Waals surface area contributed by atoms with E-state index < -0.39 is 5.79 Å². The molecule has 0 N–H and O–H groups in total. The molecule has 24 heavy (non-hydrogen) atoms. The van der Waals surface area contributed by atoms with E-state index in [1.807, 2.05) is 17.0 Å². The number of hydrogen-bond acceptors (Lipinski definition) is 4. The van der Waals surface area contributed by atoms with Crippen LogP contribution in [-0.2, 0) is 14.3 Å². The standard InChI is InChI=1S/C19H27NO4/c1-14(2)17-5-4-16(12-15(17)3)22-13-18(21)20-8-6-19(7-9-20)23-10-11-24-19/h4-5,12,14H,6-11,13H2,1-3H3. The summed E-state index contributed by atoms with van der Waals surface area (Å²) in [7, 11) is 0. The first-order valence-electron chi connectivity index (χ1n) is 8.78. The summed E-state index contributed by atoms with van der Waals surface area (Å²) in [6.07, 6.45) is 1.47. The Balaban J connectivity index is 1.50. The topological polar surface area (TPSA) is 48.0 Å². The van der Waals surface area contributed by atoms with Gasteiger partial charge >= 0.3 is 0 Å². The highest BCUT2D eigenvalue weighted by atomic mass is 16.7. The summed E-state index contributed by atoms with van der Waals surface area (Å²) in [5.74, 6) is 0.817. The van der Waals surface area contributed by atoms with Crippen LogP contribution in [0.3, 0.4) is 0 Å². The minimum absolute atomic E-state index is 0.0217. The molecule has 0 aliphatic carbocycles. The Bertz CT molecular complexity index is 583. The van der Waals surface area contributed by atoms with Gasteiger partial charge in [0.15, 0.2) is 12.4 Å². The predicted octanol–water partition coefficient (Wildman–Crippen LogP) is 2.86. The van der Waals surface area contributed by atoms with Gasteiger partial charge in [0.1, 0.15) is 5.75 Å². The minimum Gasteiger partial charge on any atom is -0.484 e. The molecule has 1 aromatic rings. The fourth-order valence-electron chi connectivity index (χ4n) is 3.50. The molecular formula is C19H27NO4. The van der Waals surface area contributed by atoms with Crippen molar-refractivity contribution in [2.24, 2.45) is 0 Å². The van der Waals surface area contributed by atoms with Crippen LogP contribution in [0, 0.1) is 6.92 Å². The van der Waals surface area contributed by atoms with Crippen LogP contribution >= 0.6 is 0 Å². The van der Waals surface area contributed by atoms with Crippen LogP contribution in [0.4, 0.5) is 0 Å². The Labute approximate surface area is 143 Å². The molecule has 1 spiro atoms. The number of hydrogen-bond donors (Lipinski definition) is 0. The van der Waals surface area contributed by atoms with Crippen LogP contribution in [0.25, 0.3) is 0 Å². The van der Waals surface area contributed by atoms with Gasteiger partial charge in [0.2, 0.25) is 0 Å². The Kier molecular flexibility index (Phi) is 5.11. The molecule has 3 rings (SSSR count). The maximum Gasteiger partial charge on any atom is 0.260 e. The number of rotatable bonds is 4. The zero-order chi connectivity index (χ0) is 17.2. The second-order valence-electron chi connectivity index (χ2n) is 6.95. The van der Waals surface area contributed by atoms with Crippen LogP contribution < -0.4 is 4.74 Å². The Hall–Kier alpha value is -1.59. The van der Waals surface area contributed by atoms with E-state index in [2.05, 4.69) is 26.8 Å². The monoisotopic (exact) mass is 333 g/mol. The molecule has 5 nitrogen and oxygen atoms in total. The molecule has 132 valence electrons. The van der Waals surface area contributed by atoms with Crippen molar-refractivity contribution in [3.63, 3.8) is 0 Å². The number of carbonyl (C=O) groups excluding carboxylic acids is 1. The number of aryl methyl sites for hydroxylation is 1. The molecule has 2 aliphatic heterocycles. The first kappa shape index (κ1) is 17.2. The van der Waals surface area contributed by atoms with Crippen LogP contribution in [0.15, 0.2) is 18.2 Å². The first-order valence-corrected chi connectivity index (χ1v) is 8.78. The lowest BCUT2D eigenvalue weighted by Crippen LogP contribution is -2.48. The third kappa shape index (κ3) is 3.73. The molecule has 2 aliphatic rings. The van der Waals surface area contributed by atoms with Gasteiger partial charge in [-0.1, -0.05) is 19.9 Å². The molecule has 0 unspecified atom stereocenters. The maximum absolute atomic E-state index is 12.4. The van der Waals surface area contributed by atoms with E-state index in [9.17, 15) is 4.79 Å². The highest BCUT2D eigenvalue weighted by Gasteiger charge is 2.40. The highest BCUT2D eigenvalue weighted by Crippen LogP contribution is 2.31. The summed E-state index contributed by atoms with van der Waals surface area (Å²) in [6.45, 7) is 9.14. The lowest BCUT2D eigenvalue weighted by molar-refractivity contribution is -0.187. The SMILES string of the molecule is Cc1cc(OCC(=O)N2CCC3(CC2)OCCO3)ccc1C(C)C. The first-order chi connectivity index (χ1) is 11.5. The second-order valence-corrected chi connectivity index (χ2v) is 6.95. The van der Waals surface area contributed by atoms with Crippen LogP contribution in [0.2, 0.25) is 0 Å². The average molecular weight is 333 g/mol. The third-order valence-corrected chi connectivity index (χ3v) is 4.92. The van der Waals surface area contributed by atoms with Gasteiger partial charge in [-0.05, 0) is 36.1 Å². The normalized spacial score (nSPS) is 19.9. The number of ether oxygens (including phenoxy) is 3.